The Balaban J connectivity index is 1.82. The third-order valence-corrected chi connectivity index (χ3v) is 3.88. The van der Waals surface area contributed by atoms with Crippen molar-refractivity contribution in [2.45, 2.75) is 19.5 Å². The van der Waals surface area contributed by atoms with Crippen LogP contribution in [0.25, 0.3) is 11.1 Å². The van der Waals surface area contributed by atoms with Gasteiger partial charge in [0.25, 0.3) is 0 Å². The molecular formula is C20H15F3N6O. The minimum Gasteiger partial charge on any atom is -0.324 e. The predicted octanol–water partition coefficient (Wildman–Crippen LogP) is 4.46. The van der Waals surface area contributed by atoms with E-state index in [4.69, 9.17) is 5.26 Å². The monoisotopic (exact) mass is 412 g/mol. The molecule has 0 fully saturated rings. The van der Waals surface area contributed by atoms with Crippen LogP contribution in [-0.4, -0.2) is 20.9 Å². The number of nitrogens with one attached hydrogen (secondary N) is 2. The van der Waals surface area contributed by atoms with Crippen LogP contribution in [0.3, 0.4) is 0 Å². The number of hydrogen-bond acceptors (Lipinski definition) is 6. The second-order valence-electron chi connectivity index (χ2n) is 6.29. The summed E-state index contributed by atoms with van der Waals surface area (Å²) in [5.41, 5.74) is 1.81. The topological polar surface area (TPSA) is 104 Å². The highest BCUT2D eigenvalue weighted by Gasteiger charge is 2.32. The summed E-state index contributed by atoms with van der Waals surface area (Å²) in [6.07, 6.45) is -2.25. The molecule has 2 aromatic heterocycles. The van der Waals surface area contributed by atoms with E-state index in [1.54, 1.807) is 36.5 Å². The predicted molar refractivity (Wildman–Crippen MR) is 104 cm³/mol. The van der Waals surface area contributed by atoms with Crippen molar-refractivity contribution in [3.8, 4) is 17.2 Å². The van der Waals surface area contributed by atoms with Crippen molar-refractivity contribution in [1.82, 2.24) is 15.0 Å². The lowest BCUT2D eigenvalue weighted by Gasteiger charge is -2.11. The number of nitriles is 1. The van der Waals surface area contributed by atoms with Crippen molar-refractivity contribution < 1.29 is 18.0 Å². The van der Waals surface area contributed by atoms with Crippen molar-refractivity contribution in [3.63, 3.8) is 0 Å². The van der Waals surface area contributed by atoms with E-state index < -0.39 is 17.8 Å². The average molecular weight is 412 g/mol. The number of halogens is 3. The van der Waals surface area contributed by atoms with E-state index in [9.17, 15) is 18.0 Å². The molecule has 0 radical (unpaired) electrons. The number of hydrogen-bond donors (Lipinski definition) is 2. The number of carbonyl (C=O) groups excluding carboxylic acids is 1. The van der Waals surface area contributed by atoms with Crippen LogP contribution >= 0.6 is 0 Å². The molecule has 0 saturated heterocycles. The summed E-state index contributed by atoms with van der Waals surface area (Å²) in [5.74, 6) is -0.321. The number of pyridine rings is 1. The minimum absolute atomic E-state index is 0.171. The molecule has 0 spiro atoms. The maximum atomic E-state index is 12.8. The Hall–Kier alpha value is -4.00. The summed E-state index contributed by atoms with van der Waals surface area (Å²) < 4.78 is 38.5. The fraction of sp³-hybridized carbons (Fsp3) is 0.150. The zero-order chi connectivity index (χ0) is 21.7. The third-order valence-electron chi connectivity index (χ3n) is 3.88. The highest BCUT2D eigenvalue weighted by molar-refractivity contribution is 5.91. The number of anilines is 3. The summed E-state index contributed by atoms with van der Waals surface area (Å²) in [4.78, 5) is 22.9. The number of benzene rings is 1. The van der Waals surface area contributed by atoms with Gasteiger partial charge in [0.15, 0.2) is 0 Å². The van der Waals surface area contributed by atoms with E-state index in [0.717, 1.165) is 29.0 Å². The first kappa shape index (κ1) is 20.7. The van der Waals surface area contributed by atoms with Gasteiger partial charge in [0.1, 0.15) is 17.9 Å². The molecule has 2 N–H and O–H groups in total. The summed E-state index contributed by atoms with van der Waals surface area (Å²) in [5, 5.41) is 13.8. The van der Waals surface area contributed by atoms with Gasteiger partial charge >= 0.3 is 6.18 Å². The zero-order valence-electron chi connectivity index (χ0n) is 15.7. The lowest BCUT2D eigenvalue weighted by atomic mass is 10.0. The maximum absolute atomic E-state index is 12.8. The molecule has 3 rings (SSSR count). The largest absolute Gasteiger partial charge is 0.433 e. The van der Waals surface area contributed by atoms with Gasteiger partial charge < -0.3 is 10.6 Å². The van der Waals surface area contributed by atoms with Gasteiger partial charge in [0.2, 0.25) is 11.9 Å². The highest BCUT2D eigenvalue weighted by atomic mass is 19.4. The number of aromatic nitrogens is 3. The average Bonchev–Trinajstić information content (AvgIpc) is 2.68. The van der Waals surface area contributed by atoms with Gasteiger partial charge in [-0.2, -0.15) is 18.4 Å². The Morgan fingerprint density at radius 2 is 1.93 bits per heavy atom. The molecule has 30 heavy (non-hydrogen) atoms. The van der Waals surface area contributed by atoms with Crippen LogP contribution in [0.1, 0.15) is 17.7 Å². The standard InChI is InChI=1S/C20H15F3N6O/c1-12-8-14(13-2-3-17(26-11-13)29-18(30)4-6-24)10-15(9-12)27-19-25-7-5-16(28-19)20(21,22)23/h2-3,5,7-11H,4H2,1H3,(H,25,27,28)(H,26,29,30). The van der Waals surface area contributed by atoms with Crippen molar-refractivity contribution >= 4 is 23.4 Å². The number of aryl methyl sites for hydroxylation is 1. The third kappa shape index (κ3) is 5.29. The second-order valence-corrected chi connectivity index (χ2v) is 6.29. The lowest BCUT2D eigenvalue weighted by Crippen LogP contribution is -2.11. The molecule has 1 amide bonds. The molecule has 0 bridgehead atoms. The van der Waals surface area contributed by atoms with E-state index in [0.29, 0.717) is 11.5 Å². The van der Waals surface area contributed by atoms with Crippen molar-refractivity contribution in [2.24, 2.45) is 0 Å². The molecular weight excluding hydrogens is 397 g/mol. The molecule has 0 atom stereocenters. The smallest absolute Gasteiger partial charge is 0.324 e. The number of amides is 1. The lowest BCUT2D eigenvalue weighted by molar-refractivity contribution is -0.141. The van der Waals surface area contributed by atoms with E-state index in [1.165, 1.54) is 0 Å². The van der Waals surface area contributed by atoms with Crippen LogP contribution in [-0.2, 0) is 11.0 Å². The van der Waals surface area contributed by atoms with Crippen LogP contribution in [0.2, 0.25) is 0 Å². The van der Waals surface area contributed by atoms with Gasteiger partial charge in [-0.3, -0.25) is 4.79 Å². The Labute approximate surface area is 169 Å². The van der Waals surface area contributed by atoms with Crippen molar-refractivity contribution in [2.75, 3.05) is 10.6 Å². The number of alkyl halides is 3. The SMILES string of the molecule is Cc1cc(Nc2nccc(C(F)(F)F)n2)cc(-c2ccc(NC(=O)CC#N)nc2)c1. The maximum Gasteiger partial charge on any atom is 0.433 e. The van der Waals surface area contributed by atoms with Gasteiger partial charge in [-0.1, -0.05) is 6.07 Å². The zero-order valence-corrected chi connectivity index (χ0v) is 15.7. The highest BCUT2D eigenvalue weighted by Crippen LogP contribution is 2.29. The minimum atomic E-state index is -4.56. The summed E-state index contributed by atoms with van der Waals surface area (Å²) >= 11 is 0. The Bertz CT molecular complexity index is 1110. The van der Waals surface area contributed by atoms with Crippen LogP contribution in [0.5, 0.6) is 0 Å². The van der Waals surface area contributed by atoms with Gasteiger partial charge in [0.05, 0.1) is 6.07 Å². The van der Waals surface area contributed by atoms with Crippen LogP contribution in [0.4, 0.5) is 30.6 Å². The quantitative estimate of drug-likeness (QED) is 0.641. The molecule has 10 heteroatoms. The first-order valence-electron chi connectivity index (χ1n) is 8.67. The van der Waals surface area contributed by atoms with Gasteiger partial charge in [0, 0.05) is 23.6 Å². The Kier molecular flexibility index (Phi) is 5.92. The second kappa shape index (κ2) is 8.57. The fourth-order valence-corrected chi connectivity index (χ4v) is 2.63. The molecule has 0 aliphatic carbocycles. The molecule has 0 aliphatic heterocycles. The number of nitrogens with zero attached hydrogens (tertiary/aromatic N) is 4. The van der Waals surface area contributed by atoms with E-state index in [2.05, 4.69) is 25.6 Å². The molecule has 152 valence electrons. The summed E-state index contributed by atoms with van der Waals surface area (Å²) in [6.45, 7) is 1.84. The molecule has 1 aromatic carbocycles. The van der Waals surface area contributed by atoms with Crippen LogP contribution in [0.15, 0.2) is 48.8 Å². The van der Waals surface area contributed by atoms with E-state index in [-0.39, 0.29) is 12.4 Å². The molecule has 0 saturated carbocycles. The van der Waals surface area contributed by atoms with Gasteiger partial charge in [-0.05, 0) is 48.4 Å². The fourth-order valence-electron chi connectivity index (χ4n) is 2.63. The summed E-state index contributed by atoms with van der Waals surface area (Å²) in [6, 6.07) is 11.2. The number of rotatable bonds is 5. The normalized spacial score (nSPS) is 10.9. The molecule has 7 nitrogen and oxygen atoms in total. The van der Waals surface area contributed by atoms with E-state index in [1.807, 2.05) is 13.0 Å². The first-order valence-corrected chi connectivity index (χ1v) is 8.67. The molecule has 3 aromatic rings. The Morgan fingerprint density at radius 1 is 1.13 bits per heavy atom. The number of carbonyl (C=O) groups is 1. The van der Waals surface area contributed by atoms with Gasteiger partial charge in [-0.25, -0.2) is 15.0 Å². The molecule has 0 aliphatic rings. The molecule has 0 unspecified atom stereocenters. The van der Waals surface area contributed by atoms with Crippen LogP contribution in [0, 0.1) is 18.3 Å². The molecule has 2 heterocycles. The first-order chi connectivity index (χ1) is 14.2. The van der Waals surface area contributed by atoms with Crippen molar-refractivity contribution in [1.29, 1.82) is 5.26 Å². The van der Waals surface area contributed by atoms with Gasteiger partial charge in [-0.15, -0.1) is 0 Å². The van der Waals surface area contributed by atoms with Crippen molar-refractivity contribution in [3.05, 3.63) is 60.0 Å². The van der Waals surface area contributed by atoms with Crippen LogP contribution < -0.4 is 10.6 Å². The summed E-state index contributed by atoms with van der Waals surface area (Å²) in [7, 11) is 0. The van der Waals surface area contributed by atoms with E-state index >= 15 is 0 Å². The Morgan fingerprint density at radius 3 is 2.60 bits per heavy atom.